The minimum atomic E-state index is -0.298. The number of nitrogens with zero attached hydrogens (tertiary/aromatic N) is 1. The number of benzene rings is 1. The fourth-order valence-corrected chi connectivity index (χ4v) is 1.87. The SMILES string of the molecule is Cc1ccc(-c2cc(C(=O)NCCCOCCO)on2)cc1. The van der Waals surface area contributed by atoms with Gasteiger partial charge in [-0.1, -0.05) is 35.0 Å². The Hall–Kier alpha value is -2.18. The van der Waals surface area contributed by atoms with Crippen molar-refractivity contribution in [3.8, 4) is 11.3 Å². The molecule has 0 aliphatic heterocycles. The number of aliphatic hydroxyl groups is 1. The first-order valence-corrected chi connectivity index (χ1v) is 7.21. The summed E-state index contributed by atoms with van der Waals surface area (Å²) in [4.78, 5) is 11.9. The van der Waals surface area contributed by atoms with Gasteiger partial charge in [0, 0.05) is 24.8 Å². The highest BCUT2D eigenvalue weighted by Crippen LogP contribution is 2.19. The van der Waals surface area contributed by atoms with E-state index in [0.29, 0.717) is 31.9 Å². The van der Waals surface area contributed by atoms with E-state index in [2.05, 4.69) is 10.5 Å². The van der Waals surface area contributed by atoms with E-state index in [0.717, 1.165) is 11.1 Å². The van der Waals surface area contributed by atoms with E-state index in [4.69, 9.17) is 14.4 Å². The van der Waals surface area contributed by atoms with Crippen LogP contribution in [0.5, 0.6) is 0 Å². The molecule has 1 aromatic carbocycles. The van der Waals surface area contributed by atoms with Gasteiger partial charge in [-0.2, -0.15) is 0 Å². The Bertz CT molecular complexity index is 592. The summed E-state index contributed by atoms with van der Waals surface area (Å²) in [5.74, 6) is -0.111. The molecule has 0 saturated carbocycles. The van der Waals surface area contributed by atoms with E-state index >= 15 is 0 Å². The van der Waals surface area contributed by atoms with Gasteiger partial charge in [-0.15, -0.1) is 0 Å². The van der Waals surface area contributed by atoms with Crippen LogP contribution in [0.15, 0.2) is 34.9 Å². The largest absolute Gasteiger partial charge is 0.394 e. The maximum absolute atomic E-state index is 11.9. The summed E-state index contributed by atoms with van der Waals surface area (Å²) in [7, 11) is 0. The predicted octanol–water partition coefficient (Wildman–Crippen LogP) is 1.78. The molecule has 118 valence electrons. The quantitative estimate of drug-likeness (QED) is 0.726. The molecule has 6 nitrogen and oxygen atoms in total. The standard InChI is InChI=1S/C16H20N2O4/c1-12-3-5-13(6-4-12)14-11-15(22-18-14)16(20)17-7-2-9-21-10-8-19/h3-6,11,19H,2,7-10H2,1H3,(H,17,20). The third-order valence-electron chi connectivity index (χ3n) is 3.07. The Labute approximate surface area is 129 Å². The molecule has 0 aliphatic rings. The second-order valence-electron chi connectivity index (χ2n) is 4.89. The summed E-state index contributed by atoms with van der Waals surface area (Å²) in [6.07, 6.45) is 0.671. The van der Waals surface area contributed by atoms with Crippen molar-refractivity contribution in [2.45, 2.75) is 13.3 Å². The van der Waals surface area contributed by atoms with Crippen molar-refractivity contribution in [1.82, 2.24) is 10.5 Å². The smallest absolute Gasteiger partial charge is 0.289 e. The molecule has 0 bridgehead atoms. The van der Waals surface area contributed by atoms with Crippen LogP contribution in [0.3, 0.4) is 0 Å². The number of carbonyl (C=O) groups excluding carboxylic acids is 1. The van der Waals surface area contributed by atoms with E-state index < -0.39 is 0 Å². The maximum atomic E-state index is 11.9. The Morgan fingerprint density at radius 3 is 2.82 bits per heavy atom. The van der Waals surface area contributed by atoms with Gasteiger partial charge in [-0.05, 0) is 13.3 Å². The first-order valence-electron chi connectivity index (χ1n) is 7.21. The topological polar surface area (TPSA) is 84.6 Å². The molecule has 2 aromatic rings. The van der Waals surface area contributed by atoms with E-state index in [9.17, 15) is 4.79 Å². The van der Waals surface area contributed by atoms with E-state index in [1.807, 2.05) is 31.2 Å². The highest BCUT2D eigenvalue weighted by molar-refractivity contribution is 5.92. The summed E-state index contributed by atoms with van der Waals surface area (Å²) < 4.78 is 10.2. The van der Waals surface area contributed by atoms with Crippen LogP contribution >= 0.6 is 0 Å². The molecule has 1 amide bonds. The molecule has 0 saturated heterocycles. The molecule has 1 aromatic heterocycles. The van der Waals surface area contributed by atoms with Crippen molar-refractivity contribution in [2.24, 2.45) is 0 Å². The predicted molar refractivity (Wildman–Crippen MR) is 81.5 cm³/mol. The van der Waals surface area contributed by atoms with Gasteiger partial charge in [0.15, 0.2) is 0 Å². The van der Waals surface area contributed by atoms with Gasteiger partial charge in [0.25, 0.3) is 5.91 Å². The van der Waals surface area contributed by atoms with Gasteiger partial charge in [-0.25, -0.2) is 0 Å². The second kappa shape index (κ2) is 8.31. The molecule has 0 atom stereocenters. The second-order valence-corrected chi connectivity index (χ2v) is 4.89. The summed E-state index contributed by atoms with van der Waals surface area (Å²) >= 11 is 0. The first-order chi connectivity index (χ1) is 10.7. The summed E-state index contributed by atoms with van der Waals surface area (Å²) in [6.45, 7) is 3.30. The number of carbonyl (C=O) groups is 1. The number of hydrogen-bond donors (Lipinski definition) is 2. The number of aryl methyl sites for hydroxylation is 1. The normalized spacial score (nSPS) is 10.6. The van der Waals surface area contributed by atoms with Gasteiger partial charge in [-0.3, -0.25) is 4.79 Å². The van der Waals surface area contributed by atoms with Crippen molar-refractivity contribution >= 4 is 5.91 Å². The third kappa shape index (κ3) is 4.68. The molecule has 0 fully saturated rings. The summed E-state index contributed by atoms with van der Waals surface area (Å²) in [5, 5.41) is 15.2. The number of hydrogen-bond acceptors (Lipinski definition) is 5. The molecule has 2 N–H and O–H groups in total. The van der Waals surface area contributed by atoms with Crippen LogP contribution in [0.2, 0.25) is 0 Å². The number of aliphatic hydroxyl groups excluding tert-OH is 1. The zero-order valence-electron chi connectivity index (χ0n) is 12.5. The van der Waals surface area contributed by atoms with Crippen LogP contribution in [-0.4, -0.2) is 42.5 Å². The molecule has 0 radical (unpaired) electrons. The lowest BCUT2D eigenvalue weighted by Crippen LogP contribution is -2.25. The number of rotatable bonds is 8. The molecule has 0 unspecified atom stereocenters. The van der Waals surface area contributed by atoms with Crippen molar-refractivity contribution in [3.05, 3.63) is 41.7 Å². The first kappa shape index (κ1) is 16.2. The van der Waals surface area contributed by atoms with Gasteiger partial charge >= 0.3 is 0 Å². The van der Waals surface area contributed by atoms with Crippen LogP contribution in [0.1, 0.15) is 22.5 Å². The molecular weight excluding hydrogens is 284 g/mol. The minimum Gasteiger partial charge on any atom is -0.394 e. The molecular formula is C16H20N2O4. The lowest BCUT2D eigenvalue weighted by Gasteiger charge is -2.03. The van der Waals surface area contributed by atoms with Gasteiger partial charge in [0.2, 0.25) is 5.76 Å². The Morgan fingerprint density at radius 1 is 1.32 bits per heavy atom. The zero-order chi connectivity index (χ0) is 15.8. The van der Waals surface area contributed by atoms with E-state index in [-0.39, 0.29) is 18.3 Å². The van der Waals surface area contributed by atoms with Crippen LogP contribution in [0.4, 0.5) is 0 Å². The van der Waals surface area contributed by atoms with Gasteiger partial charge in [0.1, 0.15) is 5.69 Å². The zero-order valence-corrected chi connectivity index (χ0v) is 12.5. The van der Waals surface area contributed by atoms with Crippen molar-refractivity contribution in [2.75, 3.05) is 26.4 Å². The van der Waals surface area contributed by atoms with Crippen LogP contribution < -0.4 is 5.32 Å². The van der Waals surface area contributed by atoms with Crippen LogP contribution in [-0.2, 0) is 4.74 Å². The molecule has 1 heterocycles. The van der Waals surface area contributed by atoms with Crippen molar-refractivity contribution < 1.29 is 19.2 Å². The third-order valence-corrected chi connectivity index (χ3v) is 3.07. The van der Waals surface area contributed by atoms with Crippen molar-refractivity contribution in [1.29, 1.82) is 0 Å². The number of nitrogens with one attached hydrogen (secondary N) is 1. The highest BCUT2D eigenvalue weighted by atomic mass is 16.5. The molecule has 22 heavy (non-hydrogen) atoms. The lowest BCUT2D eigenvalue weighted by molar-refractivity contribution is 0.0851. The van der Waals surface area contributed by atoms with Crippen molar-refractivity contribution in [3.63, 3.8) is 0 Å². The average Bonchev–Trinajstić information content (AvgIpc) is 3.01. The Kier molecular flexibility index (Phi) is 6.12. The molecule has 6 heteroatoms. The molecule has 0 aliphatic carbocycles. The number of ether oxygens (including phenoxy) is 1. The maximum Gasteiger partial charge on any atom is 0.289 e. The van der Waals surface area contributed by atoms with E-state index in [1.165, 1.54) is 0 Å². The van der Waals surface area contributed by atoms with Gasteiger partial charge in [0.05, 0.1) is 13.2 Å². The number of amides is 1. The summed E-state index contributed by atoms with van der Waals surface area (Å²) in [6, 6.07) is 9.47. The van der Waals surface area contributed by atoms with Crippen LogP contribution in [0, 0.1) is 6.92 Å². The minimum absolute atomic E-state index is 0.00616. The Morgan fingerprint density at radius 2 is 2.09 bits per heavy atom. The van der Waals surface area contributed by atoms with Crippen LogP contribution in [0.25, 0.3) is 11.3 Å². The fourth-order valence-electron chi connectivity index (χ4n) is 1.87. The Balaban J connectivity index is 1.83. The monoisotopic (exact) mass is 304 g/mol. The molecule has 2 rings (SSSR count). The van der Waals surface area contributed by atoms with Gasteiger partial charge < -0.3 is 19.7 Å². The van der Waals surface area contributed by atoms with E-state index in [1.54, 1.807) is 6.07 Å². The highest BCUT2D eigenvalue weighted by Gasteiger charge is 2.13. The summed E-state index contributed by atoms with van der Waals surface area (Å²) in [5.41, 5.74) is 2.70. The lowest BCUT2D eigenvalue weighted by atomic mass is 10.1. The number of aromatic nitrogens is 1. The average molecular weight is 304 g/mol. The fraction of sp³-hybridized carbons (Fsp3) is 0.375. The molecule has 0 spiro atoms.